The van der Waals surface area contributed by atoms with E-state index in [2.05, 4.69) is 21.5 Å². The van der Waals surface area contributed by atoms with Crippen LogP contribution in [0, 0.1) is 0 Å². The SMILES string of the molecule is c1ccc(Cc2ncns2)cc1. The Bertz CT molecular complexity index is 329. The molecule has 0 aliphatic heterocycles. The zero-order valence-corrected chi connectivity index (χ0v) is 7.29. The van der Waals surface area contributed by atoms with Gasteiger partial charge in [-0.1, -0.05) is 30.3 Å². The van der Waals surface area contributed by atoms with Gasteiger partial charge in [0.15, 0.2) is 0 Å². The molecule has 2 rings (SSSR count). The van der Waals surface area contributed by atoms with Gasteiger partial charge in [-0.15, -0.1) is 0 Å². The smallest absolute Gasteiger partial charge is 0.129 e. The third-order valence-corrected chi connectivity index (χ3v) is 2.27. The van der Waals surface area contributed by atoms with Gasteiger partial charge in [0.2, 0.25) is 0 Å². The van der Waals surface area contributed by atoms with Gasteiger partial charge in [-0.3, -0.25) is 0 Å². The van der Waals surface area contributed by atoms with Crippen molar-refractivity contribution in [2.45, 2.75) is 6.42 Å². The predicted octanol–water partition coefficient (Wildman–Crippen LogP) is 2.13. The topological polar surface area (TPSA) is 25.8 Å². The molecule has 0 fully saturated rings. The maximum atomic E-state index is 4.12. The fraction of sp³-hybridized carbons (Fsp3) is 0.111. The number of rotatable bonds is 2. The second kappa shape index (κ2) is 3.45. The lowest BCUT2D eigenvalue weighted by Crippen LogP contribution is -1.84. The minimum absolute atomic E-state index is 0.894. The largest absolute Gasteiger partial charge is 0.228 e. The zero-order chi connectivity index (χ0) is 8.23. The van der Waals surface area contributed by atoms with Crippen molar-refractivity contribution >= 4 is 11.5 Å². The highest BCUT2D eigenvalue weighted by Crippen LogP contribution is 2.08. The normalized spacial score (nSPS) is 10.0. The minimum Gasteiger partial charge on any atom is -0.228 e. The molecular formula is C9H8N2S. The quantitative estimate of drug-likeness (QED) is 0.700. The molecule has 0 unspecified atom stereocenters. The molecule has 0 atom stereocenters. The average molecular weight is 176 g/mol. The van der Waals surface area contributed by atoms with E-state index in [0.717, 1.165) is 11.4 Å². The average Bonchev–Trinajstić information content (AvgIpc) is 2.59. The summed E-state index contributed by atoms with van der Waals surface area (Å²) in [7, 11) is 0. The first kappa shape index (κ1) is 7.43. The molecule has 2 aromatic rings. The Morgan fingerprint density at radius 2 is 2.00 bits per heavy atom. The monoisotopic (exact) mass is 176 g/mol. The molecule has 60 valence electrons. The molecule has 3 heteroatoms. The van der Waals surface area contributed by atoms with Crippen molar-refractivity contribution in [1.82, 2.24) is 9.36 Å². The van der Waals surface area contributed by atoms with Crippen LogP contribution in [0.2, 0.25) is 0 Å². The Morgan fingerprint density at radius 1 is 1.17 bits per heavy atom. The molecule has 0 bridgehead atoms. The summed E-state index contributed by atoms with van der Waals surface area (Å²) in [5, 5.41) is 1.07. The molecule has 1 aromatic heterocycles. The Balaban J connectivity index is 2.15. The van der Waals surface area contributed by atoms with Crippen molar-refractivity contribution in [2.75, 3.05) is 0 Å². The van der Waals surface area contributed by atoms with Crippen molar-refractivity contribution in [3.63, 3.8) is 0 Å². The van der Waals surface area contributed by atoms with Gasteiger partial charge in [-0.2, -0.15) is 4.37 Å². The number of benzene rings is 1. The van der Waals surface area contributed by atoms with Gasteiger partial charge < -0.3 is 0 Å². The Hall–Kier alpha value is -1.22. The molecule has 1 heterocycles. The summed E-state index contributed by atoms with van der Waals surface area (Å²) in [6.45, 7) is 0. The van der Waals surface area contributed by atoms with E-state index >= 15 is 0 Å². The van der Waals surface area contributed by atoms with Gasteiger partial charge in [0.1, 0.15) is 11.3 Å². The van der Waals surface area contributed by atoms with Crippen LogP contribution in [-0.2, 0) is 6.42 Å². The van der Waals surface area contributed by atoms with Gasteiger partial charge in [-0.05, 0) is 17.1 Å². The first-order valence-corrected chi connectivity index (χ1v) is 4.52. The van der Waals surface area contributed by atoms with E-state index in [1.165, 1.54) is 17.1 Å². The van der Waals surface area contributed by atoms with Crippen LogP contribution >= 0.6 is 11.5 Å². The van der Waals surface area contributed by atoms with Gasteiger partial charge >= 0.3 is 0 Å². The molecule has 0 aliphatic rings. The highest BCUT2D eigenvalue weighted by atomic mass is 32.1. The number of nitrogens with zero attached hydrogens (tertiary/aromatic N) is 2. The van der Waals surface area contributed by atoms with Gasteiger partial charge in [0.25, 0.3) is 0 Å². The summed E-state index contributed by atoms with van der Waals surface area (Å²) in [5.74, 6) is 0. The summed E-state index contributed by atoms with van der Waals surface area (Å²) < 4.78 is 3.95. The lowest BCUT2D eigenvalue weighted by Gasteiger charge is -1.94. The van der Waals surface area contributed by atoms with Crippen LogP contribution in [0.1, 0.15) is 10.6 Å². The van der Waals surface area contributed by atoms with E-state index in [4.69, 9.17) is 0 Å². The highest BCUT2D eigenvalue weighted by molar-refractivity contribution is 7.05. The molecule has 0 aliphatic carbocycles. The van der Waals surface area contributed by atoms with E-state index in [1.807, 2.05) is 18.2 Å². The van der Waals surface area contributed by atoms with Crippen molar-refractivity contribution < 1.29 is 0 Å². The van der Waals surface area contributed by atoms with Crippen molar-refractivity contribution in [3.05, 3.63) is 47.2 Å². The number of hydrogen-bond donors (Lipinski definition) is 0. The molecule has 0 saturated carbocycles. The zero-order valence-electron chi connectivity index (χ0n) is 6.47. The maximum absolute atomic E-state index is 4.12. The Labute approximate surface area is 75.1 Å². The van der Waals surface area contributed by atoms with Crippen LogP contribution < -0.4 is 0 Å². The van der Waals surface area contributed by atoms with Crippen molar-refractivity contribution in [3.8, 4) is 0 Å². The predicted molar refractivity (Wildman–Crippen MR) is 49.2 cm³/mol. The van der Waals surface area contributed by atoms with E-state index in [1.54, 1.807) is 6.33 Å². The first-order chi connectivity index (χ1) is 5.95. The molecule has 12 heavy (non-hydrogen) atoms. The van der Waals surface area contributed by atoms with E-state index in [-0.39, 0.29) is 0 Å². The summed E-state index contributed by atoms with van der Waals surface area (Å²) >= 11 is 1.46. The maximum Gasteiger partial charge on any atom is 0.129 e. The lowest BCUT2D eigenvalue weighted by atomic mass is 10.2. The molecule has 1 aromatic carbocycles. The second-order valence-electron chi connectivity index (χ2n) is 2.50. The fourth-order valence-electron chi connectivity index (χ4n) is 1.04. The van der Waals surface area contributed by atoms with Crippen LogP contribution in [0.3, 0.4) is 0 Å². The van der Waals surface area contributed by atoms with Gasteiger partial charge in [-0.25, -0.2) is 4.98 Å². The third-order valence-electron chi connectivity index (χ3n) is 1.61. The van der Waals surface area contributed by atoms with Crippen LogP contribution in [0.4, 0.5) is 0 Å². The van der Waals surface area contributed by atoms with Crippen molar-refractivity contribution in [2.24, 2.45) is 0 Å². The summed E-state index contributed by atoms with van der Waals surface area (Å²) in [5.41, 5.74) is 1.29. The van der Waals surface area contributed by atoms with E-state index < -0.39 is 0 Å². The standard InChI is InChI=1S/C9H8N2S/c1-2-4-8(5-3-1)6-9-10-7-11-12-9/h1-5,7H,6H2. The van der Waals surface area contributed by atoms with Gasteiger partial charge in [0, 0.05) is 6.42 Å². The fourth-order valence-corrected chi connectivity index (χ4v) is 1.59. The Kier molecular flexibility index (Phi) is 2.14. The number of hydrogen-bond acceptors (Lipinski definition) is 3. The van der Waals surface area contributed by atoms with Gasteiger partial charge in [0.05, 0.1) is 0 Å². The molecule has 0 radical (unpaired) electrons. The van der Waals surface area contributed by atoms with E-state index in [0.29, 0.717) is 0 Å². The molecule has 2 nitrogen and oxygen atoms in total. The minimum atomic E-state index is 0.894. The van der Waals surface area contributed by atoms with Crippen LogP contribution in [-0.4, -0.2) is 9.36 Å². The van der Waals surface area contributed by atoms with Crippen LogP contribution in [0.25, 0.3) is 0 Å². The molecule has 0 amide bonds. The van der Waals surface area contributed by atoms with E-state index in [9.17, 15) is 0 Å². The lowest BCUT2D eigenvalue weighted by molar-refractivity contribution is 1.13. The molecule has 0 spiro atoms. The van der Waals surface area contributed by atoms with Crippen molar-refractivity contribution in [1.29, 1.82) is 0 Å². The van der Waals surface area contributed by atoms with Crippen LogP contribution in [0.15, 0.2) is 36.7 Å². The molecular weight excluding hydrogens is 168 g/mol. The van der Waals surface area contributed by atoms with Crippen LogP contribution in [0.5, 0.6) is 0 Å². The summed E-state index contributed by atoms with van der Waals surface area (Å²) in [6, 6.07) is 10.3. The summed E-state index contributed by atoms with van der Waals surface area (Å²) in [6.07, 6.45) is 2.49. The summed E-state index contributed by atoms with van der Waals surface area (Å²) in [4.78, 5) is 4.12. The molecule has 0 saturated heterocycles. The second-order valence-corrected chi connectivity index (χ2v) is 3.36. The molecule has 0 N–H and O–H groups in total. The number of aromatic nitrogens is 2. The Morgan fingerprint density at radius 3 is 2.67 bits per heavy atom. The first-order valence-electron chi connectivity index (χ1n) is 3.74. The third kappa shape index (κ3) is 1.68. The highest BCUT2D eigenvalue weighted by Gasteiger charge is 1.97.